The van der Waals surface area contributed by atoms with Crippen LogP contribution in [0.5, 0.6) is 0 Å². The van der Waals surface area contributed by atoms with Gasteiger partial charge in [0, 0.05) is 45.6 Å². The minimum atomic E-state index is 0.562. The smallest absolute Gasteiger partial charge is 0.205 e. The molecule has 19 heavy (non-hydrogen) atoms. The number of ether oxygens (including phenoxy) is 1. The molecule has 0 radical (unpaired) electrons. The fourth-order valence-corrected chi connectivity index (χ4v) is 2.59. The third-order valence-electron chi connectivity index (χ3n) is 3.67. The number of rotatable bonds is 7. The van der Waals surface area contributed by atoms with Crippen molar-refractivity contribution >= 4 is 5.95 Å². The molecule has 0 aromatic carbocycles. The Morgan fingerprint density at radius 1 is 1.58 bits per heavy atom. The Labute approximate surface area is 116 Å². The molecule has 2 heterocycles. The predicted octanol–water partition coefficient (Wildman–Crippen LogP) is 1.42. The first-order valence-corrected chi connectivity index (χ1v) is 7.27. The number of likely N-dealkylation sites (N-methyl/N-ethyl adjacent to an activating group) is 1. The lowest BCUT2D eigenvalue weighted by Crippen LogP contribution is -2.35. The van der Waals surface area contributed by atoms with E-state index in [9.17, 15) is 0 Å². The molecular weight excluding hydrogens is 240 g/mol. The third kappa shape index (κ3) is 3.70. The Morgan fingerprint density at radius 2 is 2.42 bits per heavy atom. The standard InChI is InChI=1S/C14H26N4O/c1-4-19-9-5-8-18-11-12(2)16-14(18)17(3)13-6-7-15-10-13/h11,13,15H,4-10H2,1-3H3. The molecule has 0 spiro atoms. The molecule has 0 aliphatic carbocycles. The average molecular weight is 266 g/mol. The summed E-state index contributed by atoms with van der Waals surface area (Å²) in [5.74, 6) is 1.09. The Bertz CT molecular complexity index is 385. The maximum Gasteiger partial charge on any atom is 0.205 e. The number of aromatic nitrogens is 2. The van der Waals surface area contributed by atoms with Gasteiger partial charge < -0.3 is 19.5 Å². The van der Waals surface area contributed by atoms with E-state index in [0.29, 0.717) is 6.04 Å². The van der Waals surface area contributed by atoms with E-state index in [2.05, 4.69) is 39.9 Å². The first-order chi connectivity index (χ1) is 9.22. The summed E-state index contributed by atoms with van der Waals surface area (Å²) in [6.45, 7) is 8.85. The van der Waals surface area contributed by atoms with Crippen LogP contribution in [0.4, 0.5) is 5.95 Å². The van der Waals surface area contributed by atoms with Crippen molar-refractivity contribution in [2.45, 2.75) is 39.3 Å². The van der Waals surface area contributed by atoms with Crippen LogP contribution in [0.3, 0.4) is 0 Å². The Balaban J connectivity index is 1.98. The van der Waals surface area contributed by atoms with Gasteiger partial charge in [-0.05, 0) is 33.2 Å². The van der Waals surface area contributed by atoms with Gasteiger partial charge in [-0.1, -0.05) is 0 Å². The summed E-state index contributed by atoms with van der Waals surface area (Å²) in [4.78, 5) is 6.99. The van der Waals surface area contributed by atoms with Gasteiger partial charge in [-0.15, -0.1) is 0 Å². The van der Waals surface area contributed by atoms with Gasteiger partial charge in [0.15, 0.2) is 0 Å². The molecule has 1 fully saturated rings. The molecular formula is C14H26N4O. The van der Waals surface area contributed by atoms with E-state index < -0.39 is 0 Å². The average Bonchev–Trinajstić information content (AvgIpc) is 3.03. The van der Waals surface area contributed by atoms with Crippen LogP contribution in [0.1, 0.15) is 25.5 Å². The van der Waals surface area contributed by atoms with Crippen molar-refractivity contribution in [3.05, 3.63) is 11.9 Å². The molecule has 1 atom stereocenters. The van der Waals surface area contributed by atoms with E-state index in [4.69, 9.17) is 4.74 Å². The van der Waals surface area contributed by atoms with Crippen LogP contribution in [0, 0.1) is 6.92 Å². The predicted molar refractivity (Wildman–Crippen MR) is 77.8 cm³/mol. The fourth-order valence-electron chi connectivity index (χ4n) is 2.59. The summed E-state index contributed by atoms with van der Waals surface area (Å²) in [7, 11) is 2.15. The molecule has 0 saturated carbocycles. The molecule has 0 bridgehead atoms. The molecule has 5 nitrogen and oxygen atoms in total. The number of nitrogens with one attached hydrogen (secondary N) is 1. The zero-order valence-corrected chi connectivity index (χ0v) is 12.4. The van der Waals surface area contributed by atoms with Gasteiger partial charge in [-0.3, -0.25) is 0 Å². The van der Waals surface area contributed by atoms with E-state index >= 15 is 0 Å². The lowest BCUT2D eigenvalue weighted by atomic mass is 10.2. The minimum Gasteiger partial charge on any atom is -0.382 e. The number of aryl methyl sites for hydroxylation is 2. The van der Waals surface area contributed by atoms with E-state index in [-0.39, 0.29) is 0 Å². The summed E-state index contributed by atoms with van der Waals surface area (Å²) in [5, 5.41) is 3.41. The summed E-state index contributed by atoms with van der Waals surface area (Å²) >= 11 is 0. The van der Waals surface area contributed by atoms with Crippen molar-refractivity contribution in [2.24, 2.45) is 0 Å². The van der Waals surface area contributed by atoms with E-state index in [1.54, 1.807) is 0 Å². The second-order valence-corrected chi connectivity index (χ2v) is 5.18. The van der Waals surface area contributed by atoms with Crippen LogP contribution in [0.2, 0.25) is 0 Å². The normalized spacial score (nSPS) is 19.0. The number of imidazole rings is 1. The lowest BCUT2D eigenvalue weighted by molar-refractivity contribution is 0.141. The summed E-state index contributed by atoms with van der Waals surface area (Å²) in [6.07, 6.45) is 4.37. The Kier molecular flexibility index (Phi) is 5.22. The van der Waals surface area contributed by atoms with Gasteiger partial charge in [0.2, 0.25) is 5.95 Å². The summed E-state index contributed by atoms with van der Waals surface area (Å²) < 4.78 is 7.66. The Hall–Kier alpha value is -1.07. The topological polar surface area (TPSA) is 42.3 Å². The highest BCUT2D eigenvalue weighted by molar-refractivity contribution is 5.34. The zero-order valence-electron chi connectivity index (χ0n) is 12.4. The third-order valence-corrected chi connectivity index (χ3v) is 3.67. The second kappa shape index (κ2) is 6.91. The minimum absolute atomic E-state index is 0.562. The molecule has 1 aliphatic heterocycles. The molecule has 1 saturated heterocycles. The highest BCUT2D eigenvalue weighted by Gasteiger charge is 2.22. The van der Waals surface area contributed by atoms with Crippen LogP contribution >= 0.6 is 0 Å². The van der Waals surface area contributed by atoms with Crippen molar-refractivity contribution < 1.29 is 4.74 Å². The quantitative estimate of drug-likeness (QED) is 0.758. The van der Waals surface area contributed by atoms with Crippen LogP contribution in [0.15, 0.2) is 6.20 Å². The molecule has 0 amide bonds. The molecule has 1 N–H and O–H groups in total. The van der Waals surface area contributed by atoms with Crippen molar-refractivity contribution in [2.75, 3.05) is 38.3 Å². The first-order valence-electron chi connectivity index (χ1n) is 7.27. The molecule has 1 aliphatic rings. The van der Waals surface area contributed by atoms with Gasteiger partial charge in [0.25, 0.3) is 0 Å². The number of hydrogen-bond acceptors (Lipinski definition) is 4. The van der Waals surface area contributed by atoms with Gasteiger partial charge >= 0.3 is 0 Å². The monoisotopic (exact) mass is 266 g/mol. The van der Waals surface area contributed by atoms with Gasteiger partial charge in [0.05, 0.1) is 5.69 Å². The van der Waals surface area contributed by atoms with Crippen LogP contribution < -0.4 is 10.2 Å². The Morgan fingerprint density at radius 3 is 3.11 bits per heavy atom. The van der Waals surface area contributed by atoms with Crippen LogP contribution in [-0.2, 0) is 11.3 Å². The molecule has 108 valence electrons. The van der Waals surface area contributed by atoms with E-state index in [1.807, 2.05) is 6.92 Å². The van der Waals surface area contributed by atoms with Gasteiger partial charge in [-0.2, -0.15) is 0 Å². The zero-order chi connectivity index (χ0) is 13.7. The molecule has 1 unspecified atom stereocenters. The molecule has 2 rings (SSSR count). The SMILES string of the molecule is CCOCCCn1cc(C)nc1N(C)C1CCNC1. The number of nitrogens with zero attached hydrogens (tertiary/aromatic N) is 3. The van der Waals surface area contributed by atoms with E-state index in [0.717, 1.165) is 50.9 Å². The number of anilines is 1. The highest BCUT2D eigenvalue weighted by atomic mass is 16.5. The summed E-state index contributed by atoms with van der Waals surface area (Å²) in [5.41, 5.74) is 1.09. The maximum atomic E-state index is 5.40. The maximum absolute atomic E-state index is 5.40. The lowest BCUT2D eigenvalue weighted by Gasteiger charge is -2.25. The highest BCUT2D eigenvalue weighted by Crippen LogP contribution is 2.18. The van der Waals surface area contributed by atoms with Crippen LogP contribution in [0.25, 0.3) is 0 Å². The van der Waals surface area contributed by atoms with Crippen LogP contribution in [-0.4, -0.2) is 48.9 Å². The van der Waals surface area contributed by atoms with Crippen molar-refractivity contribution in [3.63, 3.8) is 0 Å². The molecule has 1 aromatic rings. The van der Waals surface area contributed by atoms with Crippen molar-refractivity contribution in [1.29, 1.82) is 0 Å². The second-order valence-electron chi connectivity index (χ2n) is 5.18. The largest absolute Gasteiger partial charge is 0.382 e. The van der Waals surface area contributed by atoms with Crippen molar-refractivity contribution in [3.8, 4) is 0 Å². The first kappa shape index (κ1) is 14.3. The van der Waals surface area contributed by atoms with Crippen molar-refractivity contribution in [1.82, 2.24) is 14.9 Å². The fraction of sp³-hybridized carbons (Fsp3) is 0.786. The van der Waals surface area contributed by atoms with Gasteiger partial charge in [0.1, 0.15) is 0 Å². The molecule has 5 heteroatoms. The summed E-state index contributed by atoms with van der Waals surface area (Å²) in [6, 6.07) is 0.562. The van der Waals surface area contributed by atoms with Gasteiger partial charge in [-0.25, -0.2) is 4.98 Å². The number of hydrogen-bond donors (Lipinski definition) is 1. The molecule has 1 aromatic heterocycles. The van der Waals surface area contributed by atoms with E-state index in [1.165, 1.54) is 6.42 Å².